The number of ketones is 1. The highest BCUT2D eigenvalue weighted by atomic mass is 16.5. The number of nitrogens with zero attached hydrogens (tertiary/aromatic N) is 2. The third-order valence-electron chi connectivity index (χ3n) is 7.25. The minimum absolute atomic E-state index is 0.00920. The van der Waals surface area contributed by atoms with Crippen molar-refractivity contribution >= 4 is 28.6 Å². The Kier molecular flexibility index (Phi) is 4.79. The van der Waals surface area contributed by atoms with E-state index in [2.05, 4.69) is 20.8 Å². The van der Waals surface area contributed by atoms with Crippen molar-refractivity contribution in [3.63, 3.8) is 0 Å². The first-order valence-corrected chi connectivity index (χ1v) is 10.6. The molecule has 1 aliphatic carbocycles. The van der Waals surface area contributed by atoms with Crippen molar-refractivity contribution in [2.75, 3.05) is 20.2 Å². The summed E-state index contributed by atoms with van der Waals surface area (Å²) >= 11 is 0. The lowest BCUT2D eigenvalue weighted by Gasteiger charge is -2.54. The highest BCUT2D eigenvalue weighted by molar-refractivity contribution is 6.08. The minimum Gasteiger partial charge on any atom is -0.469 e. The number of rotatable bonds is 5. The fraction of sp³-hybridized carbons (Fsp3) is 0.542. The van der Waals surface area contributed by atoms with Crippen LogP contribution in [-0.4, -0.2) is 47.3 Å². The lowest BCUT2D eigenvalue weighted by Crippen LogP contribution is -2.57. The van der Waals surface area contributed by atoms with E-state index in [1.807, 2.05) is 27.7 Å². The maximum absolute atomic E-state index is 13.3. The zero-order valence-corrected chi connectivity index (χ0v) is 18.4. The maximum atomic E-state index is 13.3. The van der Waals surface area contributed by atoms with E-state index in [0.717, 1.165) is 29.3 Å². The predicted octanol–water partition coefficient (Wildman–Crippen LogP) is 3.45. The first-order valence-electron chi connectivity index (χ1n) is 10.6. The van der Waals surface area contributed by atoms with Gasteiger partial charge in [-0.05, 0) is 36.7 Å². The Hall–Kier alpha value is -2.63. The zero-order chi connectivity index (χ0) is 21.8. The molecule has 0 N–H and O–H groups in total. The summed E-state index contributed by atoms with van der Waals surface area (Å²) in [5.74, 6) is -0.131. The molecule has 2 heterocycles. The SMILES string of the molecule is CCc1cccc2c(C(C)=O)cn(CC(=O)N3C[C@@H]4C(C)(C)C[C@]4(C(=O)OC)C3)c12. The van der Waals surface area contributed by atoms with E-state index < -0.39 is 5.41 Å². The van der Waals surface area contributed by atoms with Crippen LogP contribution in [0.3, 0.4) is 0 Å². The van der Waals surface area contributed by atoms with E-state index in [1.165, 1.54) is 7.11 Å². The molecule has 0 spiro atoms. The summed E-state index contributed by atoms with van der Waals surface area (Å²) in [6.45, 7) is 9.07. The number of carbonyl (C=O) groups excluding carboxylic acids is 3. The zero-order valence-electron chi connectivity index (χ0n) is 18.4. The number of esters is 1. The molecule has 2 aromatic rings. The molecule has 1 aromatic carbocycles. The van der Waals surface area contributed by atoms with E-state index in [0.29, 0.717) is 18.7 Å². The Bertz CT molecular complexity index is 1050. The summed E-state index contributed by atoms with van der Waals surface area (Å²) in [7, 11) is 1.42. The summed E-state index contributed by atoms with van der Waals surface area (Å²) in [6.07, 6.45) is 3.36. The number of likely N-dealkylation sites (tertiary alicyclic amines) is 1. The number of para-hydroxylation sites is 1. The summed E-state index contributed by atoms with van der Waals surface area (Å²) in [4.78, 5) is 39.8. The molecule has 30 heavy (non-hydrogen) atoms. The second-order valence-corrected chi connectivity index (χ2v) is 9.53. The van der Waals surface area contributed by atoms with Gasteiger partial charge in [0, 0.05) is 30.2 Å². The van der Waals surface area contributed by atoms with Crippen molar-refractivity contribution in [3.8, 4) is 0 Å². The van der Waals surface area contributed by atoms with Gasteiger partial charge in [0.05, 0.1) is 18.0 Å². The van der Waals surface area contributed by atoms with Gasteiger partial charge >= 0.3 is 5.97 Å². The second kappa shape index (κ2) is 6.96. The van der Waals surface area contributed by atoms with Crippen LogP contribution in [0.2, 0.25) is 0 Å². The van der Waals surface area contributed by atoms with Crippen LogP contribution in [0, 0.1) is 16.7 Å². The fourth-order valence-electron chi connectivity index (χ4n) is 5.94. The fourth-order valence-corrected chi connectivity index (χ4v) is 5.94. The Morgan fingerprint density at radius 2 is 1.97 bits per heavy atom. The molecule has 2 aliphatic rings. The monoisotopic (exact) mass is 410 g/mol. The van der Waals surface area contributed by atoms with Crippen LogP contribution in [0.4, 0.5) is 0 Å². The summed E-state index contributed by atoms with van der Waals surface area (Å²) in [5, 5.41) is 0.892. The third kappa shape index (κ3) is 2.88. The molecule has 1 aromatic heterocycles. The first-order chi connectivity index (χ1) is 14.1. The number of fused-ring (bicyclic) bond motifs is 2. The minimum atomic E-state index is -0.578. The Morgan fingerprint density at radius 3 is 2.57 bits per heavy atom. The lowest BCUT2D eigenvalue weighted by atomic mass is 9.48. The molecule has 0 radical (unpaired) electrons. The van der Waals surface area contributed by atoms with E-state index in [1.54, 1.807) is 13.1 Å². The molecule has 6 nitrogen and oxygen atoms in total. The number of Topliss-reactive ketones (excluding diaryl/α,β-unsaturated/α-hetero) is 1. The normalized spacial score (nSPS) is 24.4. The van der Waals surface area contributed by atoms with E-state index in [9.17, 15) is 14.4 Å². The van der Waals surface area contributed by atoms with Crippen molar-refractivity contribution in [3.05, 3.63) is 35.5 Å². The molecule has 2 atom stereocenters. The van der Waals surface area contributed by atoms with E-state index >= 15 is 0 Å². The van der Waals surface area contributed by atoms with Gasteiger partial charge in [0.1, 0.15) is 6.54 Å². The van der Waals surface area contributed by atoms with Crippen molar-refractivity contribution in [2.45, 2.75) is 47.1 Å². The van der Waals surface area contributed by atoms with Gasteiger partial charge in [-0.1, -0.05) is 39.0 Å². The molecule has 4 rings (SSSR count). The Morgan fingerprint density at radius 1 is 1.23 bits per heavy atom. The van der Waals surface area contributed by atoms with Crippen LogP contribution in [0.5, 0.6) is 0 Å². The highest BCUT2D eigenvalue weighted by Crippen LogP contribution is 2.63. The van der Waals surface area contributed by atoms with Gasteiger partial charge in [0.15, 0.2) is 5.78 Å². The van der Waals surface area contributed by atoms with Crippen LogP contribution in [0.15, 0.2) is 24.4 Å². The molecule has 1 aliphatic heterocycles. The third-order valence-corrected chi connectivity index (χ3v) is 7.25. The molecule has 1 saturated carbocycles. The van der Waals surface area contributed by atoms with Crippen molar-refractivity contribution in [1.82, 2.24) is 9.47 Å². The maximum Gasteiger partial charge on any atom is 0.314 e. The number of ether oxygens (including phenoxy) is 1. The van der Waals surface area contributed by atoms with Crippen LogP contribution in [-0.2, 0) is 27.3 Å². The Balaban J connectivity index is 1.65. The molecule has 160 valence electrons. The number of aryl methyl sites for hydroxylation is 1. The van der Waals surface area contributed by atoms with Crippen LogP contribution < -0.4 is 0 Å². The van der Waals surface area contributed by atoms with Gasteiger partial charge in [0.2, 0.25) is 5.91 Å². The van der Waals surface area contributed by atoms with E-state index in [-0.39, 0.29) is 35.5 Å². The number of aromatic nitrogens is 1. The van der Waals surface area contributed by atoms with Gasteiger partial charge in [0.25, 0.3) is 0 Å². The number of hydrogen-bond donors (Lipinski definition) is 0. The lowest BCUT2D eigenvalue weighted by molar-refractivity contribution is -0.174. The Labute approximate surface area is 177 Å². The van der Waals surface area contributed by atoms with Crippen LogP contribution >= 0.6 is 0 Å². The average Bonchev–Trinajstić information content (AvgIpc) is 3.24. The largest absolute Gasteiger partial charge is 0.469 e. The van der Waals surface area contributed by atoms with Gasteiger partial charge in [-0.2, -0.15) is 0 Å². The van der Waals surface area contributed by atoms with E-state index in [4.69, 9.17) is 4.74 Å². The van der Waals surface area contributed by atoms with Crippen molar-refractivity contribution in [2.24, 2.45) is 16.7 Å². The first kappa shape index (κ1) is 20.6. The second-order valence-electron chi connectivity index (χ2n) is 9.53. The number of carbonyl (C=O) groups is 3. The topological polar surface area (TPSA) is 68.6 Å². The van der Waals surface area contributed by atoms with Gasteiger partial charge in [-0.3, -0.25) is 14.4 Å². The van der Waals surface area contributed by atoms with Crippen molar-refractivity contribution < 1.29 is 19.1 Å². The molecule has 2 fully saturated rings. The van der Waals surface area contributed by atoms with Crippen LogP contribution in [0.25, 0.3) is 10.9 Å². The molecule has 6 heteroatoms. The molecule has 0 unspecified atom stereocenters. The quantitative estimate of drug-likeness (QED) is 0.559. The van der Waals surface area contributed by atoms with Gasteiger partial charge < -0.3 is 14.2 Å². The average molecular weight is 411 g/mol. The molecular weight excluding hydrogens is 380 g/mol. The number of benzene rings is 1. The van der Waals surface area contributed by atoms with Gasteiger partial charge in [-0.15, -0.1) is 0 Å². The summed E-state index contributed by atoms with van der Waals surface area (Å²) in [6, 6.07) is 5.94. The predicted molar refractivity (Wildman–Crippen MR) is 114 cm³/mol. The number of hydrogen-bond acceptors (Lipinski definition) is 4. The molecule has 0 bridgehead atoms. The smallest absolute Gasteiger partial charge is 0.314 e. The number of amides is 1. The molecule has 1 amide bonds. The number of methoxy groups -OCH3 is 1. The summed E-state index contributed by atoms with van der Waals surface area (Å²) in [5.41, 5.74) is 2.14. The molecular formula is C24H30N2O4. The van der Waals surface area contributed by atoms with Gasteiger partial charge in [-0.25, -0.2) is 0 Å². The summed E-state index contributed by atoms with van der Waals surface area (Å²) < 4.78 is 7.00. The molecule has 1 saturated heterocycles. The van der Waals surface area contributed by atoms with Crippen LogP contribution in [0.1, 0.15) is 50.0 Å². The van der Waals surface area contributed by atoms with Crippen molar-refractivity contribution in [1.29, 1.82) is 0 Å². The standard InChI is InChI=1S/C24H30N2O4/c1-6-16-8-7-9-17-18(15(2)27)10-25(21(16)17)12-20(28)26-11-19-23(3,4)13-24(19,14-26)22(29)30-5/h7-10,19H,6,11-14H2,1-5H3/t19-,24+/m1/s1. The highest BCUT2D eigenvalue weighted by Gasteiger charge is 2.68.